The number of anilines is 1. The fourth-order valence-electron chi connectivity index (χ4n) is 2.11. The largest absolute Gasteiger partial charge is 0.493 e. The van der Waals surface area contributed by atoms with Crippen LogP contribution in [0.25, 0.3) is 0 Å². The number of rotatable bonds is 3. The Morgan fingerprint density at radius 1 is 1.18 bits per heavy atom. The van der Waals surface area contributed by atoms with Crippen molar-refractivity contribution in [3.05, 3.63) is 11.6 Å². The highest BCUT2D eigenvalue weighted by Crippen LogP contribution is 2.45. The summed E-state index contributed by atoms with van der Waals surface area (Å²) in [7, 11) is 4.74. The zero-order chi connectivity index (χ0) is 12.4. The van der Waals surface area contributed by atoms with Gasteiger partial charge in [-0.1, -0.05) is 0 Å². The number of nitrogens with one attached hydrogen (secondary N) is 1. The Balaban J connectivity index is 2.58. The zero-order valence-electron chi connectivity index (χ0n) is 10.2. The average molecular weight is 239 g/mol. The van der Waals surface area contributed by atoms with Gasteiger partial charge in [0.1, 0.15) is 0 Å². The minimum absolute atomic E-state index is 0.408. The maximum Gasteiger partial charge on any atom is 0.203 e. The van der Waals surface area contributed by atoms with Crippen LogP contribution in [0, 0.1) is 0 Å². The predicted molar refractivity (Wildman–Crippen MR) is 64.3 cm³/mol. The second-order valence-corrected chi connectivity index (χ2v) is 3.91. The number of ether oxygens (including phenoxy) is 3. The first-order valence-electron chi connectivity index (χ1n) is 5.45. The smallest absolute Gasteiger partial charge is 0.203 e. The Bertz CT molecular complexity index is 419. The lowest BCUT2D eigenvalue weighted by molar-refractivity contribution is 0.182. The van der Waals surface area contributed by atoms with Crippen molar-refractivity contribution >= 4 is 5.69 Å². The molecule has 0 amide bonds. The van der Waals surface area contributed by atoms with Gasteiger partial charge in [-0.05, 0) is 0 Å². The molecule has 94 valence electrons. The number of methoxy groups -OCH3 is 3. The third kappa shape index (κ3) is 1.98. The highest BCUT2D eigenvalue weighted by molar-refractivity contribution is 5.70. The van der Waals surface area contributed by atoms with Crippen molar-refractivity contribution < 1.29 is 19.3 Å². The summed E-state index contributed by atoms with van der Waals surface area (Å²) in [5.41, 5.74) is 1.84. The van der Waals surface area contributed by atoms with Gasteiger partial charge < -0.3 is 24.6 Å². The summed E-state index contributed by atoms with van der Waals surface area (Å²) in [5.74, 6) is 1.80. The van der Waals surface area contributed by atoms with Crippen LogP contribution >= 0.6 is 0 Å². The fourth-order valence-corrected chi connectivity index (χ4v) is 2.11. The second-order valence-electron chi connectivity index (χ2n) is 3.91. The van der Waals surface area contributed by atoms with E-state index in [1.807, 2.05) is 6.07 Å². The number of benzene rings is 1. The molecule has 0 aliphatic carbocycles. The van der Waals surface area contributed by atoms with Crippen molar-refractivity contribution in [2.45, 2.75) is 12.5 Å². The van der Waals surface area contributed by atoms with Gasteiger partial charge in [-0.3, -0.25) is 0 Å². The van der Waals surface area contributed by atoms with Gasteiger partial charge >= 0.3 is 0 Å². The minimum Gasteiger partial charge on any atom is -0.493 e. The molecule has 0 aromatic heterocycles. The topological polar surface area (TPSA) is 60.0 Å². The molecule has 2 rings (SSSR count). The lowest BCUT2D eigenvalue weighted by Gasteiger charge is -2.26. The van der Waals surface area contributed by atoms with Gasteiger partial charge in [0.05, 0.1) is 27.4 Å². The van der Waals surface area contributed by atoms with E-state index in [1.54, 1.807) is 21.3 Å². The standard InChI is InChI=1S/C12H17NO4/c1-15-10-5-9-8(4-7(14)6-13-9)11(16-2)12(10)17-3/h5,7,13-14H,4,6H2,1-3H3. The van der Waals surface area contributed by atoms with E-state index in [-0.39, 0.29) is 0 Å². The maximum absolute atomic E-state index is 9.68. The van der Waals surface area contributed by atoms with Crippen molar-refractivity contribution in [1.29, 1.82) is 0 Å². The van der Waals surface area contributed by atoms with Gasteiger partial charge in [-0.25, -0.2) is 0 Å². The molecule has 1 unspecified atom stereocenters. The maximum atomic E-state index is 9.68. The van der Waals surface area contributed by atoms with Gasteiger partial charge in [0.2, 0.25) is 5.75 Å². The van der Waals surface area contributed by atoms with E-state index < -0.39 is 6.10 Å². The van der Waals surface area contributed by atoms with Crippen LogP contribution in [0.2, 0.25) is 0 Å². The highest BCUT2D eigenvalue weighted by atomic mass is 16.5. The van der Waals surface area contributed by atoms with Gasteiger partial charge in [0.25, 0.3) is 0 Å². The third-order valence-corrected chi connectivity index (χ3v) is 2.90. The van der Waals surface area contributed by atoms with E-state index in [9.17, 15) is 5.11 Å². The molecule has 5 heteroatoms. The van der Waals surface area contributed by atoms with Crippen LogP contribution < -0.4 is 19.5 Å². The molecule has 5 nitrogen and oxygen atoms in total. The Labute approximate surface area is 100 Å². The van der Waals surface area contributed by atoms with Gasteiger partial charge in [-0.15, -0.1) is 0 Å². The molecular formula is C12H17NO4. The number of aliphatic hydroxyl groups is 1. The Morgan fingerprint density at radius 3 is 2.47 bits per heavy atom. The molecule has 1 heterocycles. The van der Waals surface area contributed by atoms with Crippen LogP contribution in [0.15, 0.2) is 6.07 Å². The number of β-amino-alcohol motifs (C(OH)–C–C–N with tert-alkyl or cyclic N) is 1. The summed E-state index contributed by atoms with van der Waals surface area (Å²) in [6.45, 7) is 0.533. The summed E-state index contributed by atoms with van der Waals surface area (Å²) in [4.78, 5) is 0. The van der Waals surface area contributed by atoms with Crippen LogP contribution in [0.3, 0.4) is 0 Å². The van der Waals surface area contributed by atoms with Crippen LogP contribution in [-0.4, -0.2) is 39.1 Å². The lowest BCUT2D eigenvalue weighted by atomic mass is 9.99. The quantitative estimate of drug-likeness (QED) is 0.825. The Morgan fingerprint density at radius 2 is 1.88 bits per heavy atom. The van der Waals surface area contributed by atoms with Crippen molar-refractivity contribution in [3.8, 4) is 17.2 Å². The van der Waals surface area contributed by atoms with Crippen molar-refractivity contribution in [2.75, 3.05) is 33.2 Å². The monoisotopic (exact) mass is 239 g/mol. The van der Waals surface area contributed by atoms with Crippen LogP contribution in [-0.2, 0) is 6.42 Å². The molecule has 1 aromatic carbocycles. The number of aliphatic hydroxyl groups excluding tert-OH is 1. The number of hydrogen-bond acceptors (Lipinski definition) is 5. The zero-order valence-corrected chi connectivity index (χ0v) is 10.2. The summed E-state index contributed by atoms with van der Waals surface area (Å²) in [6, 6.07) is 1.86. The molecule has 0 fully saturated rings. The molecule has 2 N–H and O–H groups in total. The Kier molecular flexibility index (Phi) is 3.28. The molecule has 17 heavy (non-hydrogen) atoms. The van der Waals surface area contributed by atoms with Gasteiger partial charge in [0.15, 0.2) is 11.5 Å². The van der Waals surface area contributed by atoms with Crippen molar-refractivity contribution in [3.63, 3.8) is 0 Å². The fraction of sp³-hybridized carbons (Fsp3) is 0.500. The average Bonchev–Trinajstić information content (AvgIpc) is 2.36. The summed E-state index contributed by atoms with van der Waals surface area (Å²) >= 11 is 0. The van der Waals surface area contributed by atoms with E-state index in [1.165, 1.54) is 0 Å². The van der Waals surface area contributed by atoms with E-state index >= 15 is 0 Å². The van der Waals surface area contributed by atoms with Gasteiger partial charge in [0, 0.05) is 30.3 Å². The SMILES string of the molecule is COc1cc2c(c(OC)c1OC)CC(O)CN2. The second kappa shape index (κ2) is 4.71. The first-order valence-corrected chi connectivity index (χ1v) is 5.45. The molecule has 0 bridgehead atoms. The van der Waals surface area contributed by atoms with Crippen molar-refractivity contribution in [1.82, 2.24) is 0 Å². The minimum atomic E-state index is -0.408. The van der Waals surface area contributed by atoms with E-state index in [2.05, 4.69) is 5.32 Å². The molecular weight excluding hydrogens is 222 g/mol. The van der Waals surface area contributed by atoms with Crippen LogP contribution in [0.1, 0.15) is 5.56 Å². The van der Waals surface area contributed by atoms with Crippen LogP contribution in [0.5, 0.6) is 17.2 Å². The molecule has 0 radical (unpaired) electrons. The van der Waals surface area contributed by atoms with Gasteiger partial charge in [-0.2, -0.15) is 0 Å². The summed E-state index contributed by atoms with van der Waals surface area (Å²) in [6.07, 6.45) is 0.140. The number of hydrogen-bond donors (Lipinski definition) is 2. The highest BCUT2D eigenvalue weighted by Gasteiger charge is 2.25. The lowest BCUT2D eigenvalue weighted by Crippen LogP contribution is -2.28. The third-order valence-electron chi connectivity index (χ3n) is 2.90. The molecule has 1 atom stereocenters. The molecule has 0 saturated heterocycles. The Hall–Kier alpha value is -1.62. The predicted octanol–water partition coefficient (Wildman–Crippen LogP) is 1.04. The molecule has 1 aromatic rings. The molecule has 1 aliphatic rings. The van der Waals surface area contributed by atoms with E-state index in [0.717, 1.165) is 11.3 Å². The number of fused-ring (bicyclic) bond motifs is 1. The van der Waals surface area contributed by atoms with E-state index in [0.29, 0.717) is 30.2 Å². The van der Waals surface area contributed by atoms with Crippen LogP contribution in [0.4, 0.5) is 5.69 Å². The summed E-state index contributed by atoms with van der Waals surface area (Å²) < 4.78 is 15.9. The molecule has 0 spiro atoms. The van der Waals surface area contributed by atoms with Crippen molar-refractivity contribution in [2.24, 2.45) is 0 Å². The normalized spacial score (nSPS) is 18.0. The first kappa shape index (κ1) is 11.9. The first-order chi connectivity index (χ1) is 8.21. The molecule has 0 saturated carbocycles. The molecule has 1 aliphatic heterocycles. The summed E-state index contributed by atoms with van der Waals surface area (Å²) in [5, 5.41) is 12.8. The van der Waals surface area contributed by atoms with E-state index in [4.69, 9.17) is 14.2 Å².